The van der Waals surface area contributed by atoms with E-state index in [2.05, 4.69) is 10.3 Å². The molecule has 1 N–H and O–H groups in total. The molecule has 1 aromatic heterocycles. The molecule has 1 amide bonds. The summed E-state index contributed by atoms with van der Waals surface area (Å²) in [6.07, 6.45) is 7.10. The summed E-state index contributed by atoms with van der Waals surface area (Å²) in [6, 6.07) is 11.8. The quantitative estimate of drug-likeness (QED) is 0.844. The molecule has 1 atom stereocenters. The maximum Gasteiger partial charge on any atom is 0.246 e. The predicted molar refractivity (Wildman–Crippen MR) is 104 cm³/mol. The number of likely N-dealkylation sites (tertiary alicyclic amines) is 1. The Kier molecular flexibility index (Phi) is 5.23. The fraction of sp³-hybridized carbons (Fsp3) is 0.333. The summed E-state index contributed by atoms with van der Waals surface area (Å²) in [5.41, 5.74) is 1.77. The first-order chi connectivity index (χ1) is 13.3. The first-order valence-electron chi connectivity index (χ1n) is 9.32. The number of benzene rings is 1. The molecule has 0 bridgehead atoms. The molecule has 2 aliphatic heterocycles. The number of nitrogens with zero attached hydrogens (tertiary/aromatic N) is 2. The minimum atomic E-state index is 0.0225. The number of hydrogen-bond acceptors (Lipinski definition) is 5. The normalized spacial score (nSPS) is 19.1. The van der Waals surface area contributed by atoms with Crippen LogP contribution in [0.4, 0.5) is 5.69 Å². The number of aromatic nitrogens is 1. The van der Waals surface area contributed by atoms with Gasteiger partial charge in [-0.05, 0) is 43.2 Å². The summed E-state index contributed by atoms with van der Waals surface area (Å²) >= 11 is 0. The molecular formula is C21H23N3O3. The van der Waals surface area contributed by atoms with E-state index in [-0.39, 0.29) is 11.9 Å². The Morgan fingerprint density at radius 3 is 2.93 bits per heavy atom. The zero-order chi connectivity index (χ0) is 18.5. The number of hydrogen-bond donors (Lipinski definition) is 1. The lowest BCUT2D eigenvalue weighted by Crippen LogP contribution is -2.44. The Labute approximate surface area is 158 Å². The number of piperidine rings is 1. The van der Waals surface area contributed by atoms with E-state index in [0.717, 1.165) is 42.3 Å². The number of carbonyl (C=O) groups excluding carboxylic acids is 1. The number of pyridine rings is 1. The molecule has 1 aromatic carbocycles. The van der Waals surface area contributed by atoms with Crippen molar-refractivity contribution in [3.63, 3.8) is 0 Å². The van der Waals surface area contributed by atoms with Gasteiger partial charge in [0.2, 0.25) is 5.91 Å². The van der Waals surface area contributed by atoms with Gasteiger partial charge in [-0.1, -0.05) is 6.07 Å². The Balaban J connectivity index is 1.36. The highest BCUT2D eigenvalue weighted by Crippen LogP contribution is 2.33. The third-order valence-corrected chi connectivity index (χ3v) is 4.73. The van der Waals surface area contributed by atoms with Crippen molar-refractivity contribution in [1.29, 1.82) is 0 Å². The number of amides is 1. The van der Waals surface area contributed by atoms with E-state index in [0.29, 0.717) is 19.8 Å². The van der Waals surface area contributed by atoms with E-state index in [4.69, 9.17) is 9.47 Å². The van der Waals surface area contributed by atoms with Crippen LogP contribution in [0, 0.1) is 0 Å². The van der Waals surface area contributed by atoms with Gasteiger partial charge < -0.3 is 19.7 Å². The lowest BCUT2D eigenvalue weighted by molar-refractivity contribution is -0.126. The summed E-state index contributed by atoms with van der Waals surface area (Å²) in [5, 5.41) is 3.52. The van der Waals surface area contributed by atoms with Gasteiger partial charge in [0.25, 0.3) is 0 Å². The van der Waals surface area contributed by atoms with Crippen LogP contribution in [-0.4, -0.2) is 48.1 Å². The number of nitrogens with one attached hydrogen (secondary N) is 1. The van der Waals surface area contributed by atoms with Crippen LogP contribution in [0.2, 0.25) is 0 Å². The van der Waals surface area contributed by atoms with E-state index >= 15 is 0 Å². The van der Waals surface area contributed by atoms with Crippen LogP contribution in [-0.2, 0) is 4.79 Å². The molecule has 1 unspecified atom stereocenters. The van der Waals surface area contributed by atoms with E-state index in [9.17, 15) is 4.79 Å². The maximum absolute atomic E-state index is 12.5. The Bertz CT molecular complexity index is 823. The van der Waals surface area contributed by atoms with Crippen molar-refractivity contribution in [3.8, 4) is 11.5 Å². The topological polar surface area (TPSA) is 63.7 Å². The predicted octanol–water partition coefficient (Wildman–Crippen LogP) is 2.97. The van der Waals surface area contributed by atoms with E-state index < -0.39 is 0 Å². The highest BCUT2D eigenvalue weighted by Gasteiger charge is 2.23. The van der Waals surface area contributed by atoms with E-state index in [1.54, 1.807) is 18.3 Å². The van der Waals surface area contributed by atoms with Crippen molar-refractivity contribution < 1.29 is 14.3 Å². The molecule has 140 valence electrons. The minimum absolute atomic E-state index is 0.0225. The molecule has 2 aromatic rings. The zero-order valence-corrected chi connectivity index (χ0v) is 15.1. The molecular weight excluding hydrogens is 342 g/mol. The number of fused-ring (bicyclic) bond motifs is 1. The van der Waals surface area contributed by atoms with Crippen LogP contribution in [0.25, 0.3) is 6.08 Å². The van der Waals surface area contributed by atoms with Gasteiger partial charge in [-0.25, -0.2) is 0 Å². The highest BCUT2D eigenvalue weighted by atomic mass is 16.6. The summed E-state index contributed by atoms with van der Waals surface area (Å²) in [4.78, 5) is 18.6. The van der Waals surface area contributed by atoms with Crippen molar-refractivity contribution in [2.45, 2.75) is 18.9 Å². The first-order valence-corrected chi connectivity index (χ1v) is 9.32. The Morgan fingerprint density at radius 1 is 1.19 bits per heavy atom. The monoisotopic (exact) mass is 365 g/mol. The molecule has 6 heteroatoms. The fourth-order valence-corrected chi connectivity index (χ4v) is 3.40. The second kappa shape index (κ2) is 8.12. The van der Waals surface area contributed by atoms with Gasteiger partial charge in [0.1, 0.15) is 13.2 Å². The summed E-state index contributed by atoms with van der Waals surface area (Å²) in [6.45, 7) is 2.63. The van der Waals surface area contributed by atoms with Crippen LogP contribution in [0.3, 0.4) is 0 Å². The molecule has 1 saturated heterocycles. The van der Waals surface area contributed by atoms with Gasteiger partial charge in [-0.2, -0.15) is 0 Å². The second-order valence-electron chi connectivity index (χ2n) is 6.71. The van der Waals surface area contributed by atoms with Crippen LogP contribution >= 0.6 is 0 Å². The largest absolute Gasteiger partial charge is 0.486 e. The minimum Gasteiger partial charge on any atom is -0.486 e. The van der Waals surface area contributed by atoms with Gasteiger partial charge in [0.05, 0.1) is 5.69 Å². The third kappa shape index (κ3) is 4.39. The summed E-state index contributed by atoms with van der Waals surface area (Å²) < 4.78 is 11.2. The summed E-state index contributed by atoms with van der Waals surface area (Å²) in [5.74, 6) is 1.58. The molecule has 3 heterocycles. The first kappa shape index (κ1) is 17.4. The molecule has 0 radical (unpaired) electrons. The van der Waals surface area contributed by atoms with Crippen molar-refractivity contribution >= 4 is 17.7 Å². The van der Waals surface area contributed by atoms with E-state index in [1.807, 2.05) is 41.3 Å². The third-order valence-electron chi connectivity index (χ3n) is 4.73. The molecule has 2 aliphatic rings. The number of ether oxygens (including phenoxy) is 2. The Morgan fingerprint density at radius 2 is 2.07 bits per heavy atom. The smallest absolute Gasteiger partial charge is 0.246 e. The van der Waals surface area contributed by atoms with Crippen molar-refractivity contribution in [1.82, 2.24) is 9.88 Å². The molecule has 6 nitrogen and oxygen atoms in total. The number of carbonyl (C=O) groups is 1. The zero-order valence-electron chi connectivity index (χ0n) is 15.1. The van der Waals surface area contributed by atoms with Gasteiger partial charge in [-0.3, -0.25) is 9.78 Å². The summed E-state index contributed by atoms with van der Waals surface area (Å²) in [7, 11) is 0. The van der Waals surface area contributed by atoms with Gasteiger partial charge in [-0.15, -0.1) is 0 Å². The SMILES string of the molecule is O=C(/C=C/c1ccccn1)N1CCCC(Nc2ccc3c(c2)OCCO3)C1. The maximum atomic E-state index is 12.5. The number of rotatable bonds is 4. The Hall–Kier alpha value is -3.02. The average molecular weight is 365 g/mol. The van der Waals surface area contributed by atoms with Crippen molar-refractivity contribution in [2.75, 3.05) is 31.6 Å². The van der Waals surface area contributed by atoms with Gasteiger partial charge >= 0.3 is 0 Å². The van der Waals surface area contributed by atoms with Gasteiger partial charge in [0.15, 0.2) is 11.5 Å². The van der Waals surface area contributed by atoms with Crippen LogP contribution in [0.15, 0.2) is 48.7 Å². The number of anilines is 1. The lowest BCUT2D eigenvalue weighted by Gasteiger charge is -2.33. The standard InChI is InChI=1S/C21H23N3O3/c25-21(9-7-16-4-1-2-10-22-16)24-11-3-5-18(15-24)23-17-6-8-19-20(14-17)27-13-12-26-19/h1-2,4,6-10,14,18,23H,3,5,11-13,15H2/b9-7+. The molecule has 4 rings (SSSR count). The molecule has 1 fully saturated rings. The lowest BCUT2D eigenvalue weighted by atomic mass is 10.0. The molecule has 0 spiro atoms. The molecule has 0 saturated carbocycles. The average Bonchev–Trinajstić information content (AvgIpc) is 2.73. The molecule has 0 aliphatic carbocycles. The van der Waals surface area contributed by atoms with Gasteiger partial charge in [0, 0.05) is 43.2 Å². The van der Waals surface area contributed by atoms with Crippen molar-refractivity contribution in [3.05, 3.63) is 54.4 Å². The van der Waals surface area contributed by atoms with Crippen molar-refractivity contribution in [2.24, 2.45) is 0 Å². The van der Waals surface area contributed by atoms with E-state index in [1.165, 1.54) is 0 Å². The molecule has 27 heavy (non-hydrogen) atoms. The van der Waals surface area contributed by atoms with Crippen LogP contribution in [0.1, 0.15) is 18.5 Å². The highest BCUT2D eigenvalue weighted by molar-refractivity contribution is 5.91. The fourth-order valence-electron chi connectivity index (χ4n) is 3.40. The van der Waals surface area contributed by atoms with Crippen LogP contribution < -0.4 is 14.8 Å². The van der Waals surface area contributed by atoms with Crippen LogP contribution in [0.5, 0.6) is 11.5 Å². The second-order valence-corrected chi connectivity index (χ2v) is 6.71.